The van der Waals surface area contributed by atoms with Gasteiger partial charge in [0, 0.05) is 17.2 Å². The maximum atomic E-state index is 11.5. The molecule has 0 bridgehead atoms. The van der Waals surface area contributed by atoms with Crippen molar-refractivity contribution in [3.8, 4) is 0 Å². The molecule has 0 aliphatic heterocycles. The molecular weight excluding hydrogens is 194 g/mol. The van der Waals surface area contributed by atoms with Gasteiger partial charge >= 0.3 is 0 Å². The third-order valence-electron chi connectivity index (χ3n) is 2.45. The first kappa shape index (κ1) is 11.4. The molecule has 1 aromatic carbocycles. The topological polar surface area (TPSA) is 20.3 Å². The quantitative estimate of drug-likeness (QED) is 0.762. The van der Waals surface area contributed by atoms with Crippen molar-refractivity contribution in [1.29, 1.82) is 0 Å². The minimum atomic E-state index is -0.904. The van der Waals surface area contributed by atoms with Gasteiger partial charge < -0.3 is 4.90 Å². The Morgan fingerprint density at radius 1 is 1.29 bits per heavy atom. The summed E-state index contributed by atoms with van der Waals surface area (Å²) in [7, 11) is 3.15. The first-order chi connectivity index (χ1) is 6.54. The van der Waals surface area contributed by atoms with Crippen LogP contribution in [0.5, 0.6) is 0 Å². The molecule has 3 heteroatoms. The van der Waals surface area contributed by atoms with E-state index in [4.69, 9.17) is 0 Å². The SMILES string of the molecule is CC(c1ccccc1S(C)=O)N(C)C. The average molecular weight is 211 g/mol. The van der Waals surface area contributed by atoms with E-state index >= 15 is 0 Å². The highest BCUT2D eigenvalue weighted by Gasteiger charge is 2.13. The highest BCUT2D eigenvalue weighted by Crippen LogP contribution is 2.23. The number of hydrogen-bond donors (Lipinski definition) is 0. The number of nitrogens with zero attached hydrogens (tertiary/aromatic N) is 1. The molecule has 1 rings (SSSR count). The van der Waals surface area contributed by atoms with Crippen molar-refractivity contribution in [3.05, 3.63) is 29.8 Å². The summed E-state index contributed by atoms with van der Waals surface area (Å²) in [6, 6.07) is 8.20. The lowest BCUT2D eigenvalue weighted by atomic mass is 10.1. The van der Waals surface area contributed by atoms with Gasteiger partial charge in [-0.15, -0.1) is 0 Å². The maximum absolute atomic E-state index is 11.5. The summed E-state index contributed by atoms with van der Waals surface area (Å²) in [4.78, 5) is 3.06. The molecule has 0 saturated heterocycles. The Bertz CT molecular complexity index is 336. The van der Waals surface area contributed by atoms with Gasteiger partial charge in [-0.05, 0) is 32.6 Å². The van der Waals surface area contributed by atoms with Crippen LogP contribution in [0.2, 0.25) is 0 Å². The summed E-state index contributed by atoms with van der Waals surface area (Å²) in [6.07, 6.45) is 1.72. The van der Waals surface area contributed by atoms with E-state index in [1.807, 2.05) is 38.4 Å². The Labute approximate surface area is 88.4 Å². The standard InChI is InChI=1S/C11H17NOS/c1-9(12(2)3)10-7-5-6-8-11(10)14(4)13/h5-9H,1-4H3. The van der Waals surface area contributed by atoms with Crippen molar-refractivity contribution in [3.63, 3.8) is 0 Å². The molecule has 0 aliphatic carbocycles. The van der Waals surface area contributed by atoms with Crippen LogP contribution in [0, 0.1) is 0 Å². The molecule has 0 N–H and O–H groups in total. The normalized spacial score (nSPS) is 15.5. The van der Waals surface area contributed by atoms with Crippen molar-refractivity contribution in [2.24, 2.45) is 0 Å². The average Bonchev–Trinajstić information content (AvgIpc) is 2.16. The molecule has 2 nitrogen and oxygen atoms in total. The third-order valence-corrected chi connectivity index (χ3v) is 3.44. The van der Waals surface area contributed by atoms with Gasteiger partial charge in [0.05, 0.1) is 10.8 Å². The fraction of sp³-hybridized carbons (Fsp3) is 0.455. The Kier molecular flexibility index (Phi) is 3.84. The van der Waals surface area contributed by atoms with Crippen LogP contribution in [0.1, 0.15) is 18.5 Å². The molecule has 14 heavy (non-hydrogen) atoms. The second kappa shape index (κ2) is 4.71. The zero-order chi connectivity index (χ0) is 10.7. The van der Waals surface area contributed by atoms with E-state index in [1.54, 1.807) is 6.26 Å². The smallest absolute Gasteiger partial charge is 0.0501 e. The number of benzene rings is 1. The van der Waals surface area contributed by atoms with Gasteiger partial charge in [-0.2, -0.15) is 0 Å². The minimum Gasteiger partial charge on any atom is -0.303 e. The molecule has 0 heterocycles. The van der Waals surface area contributed by atoms with E-state index in [-0.39, 0.29) is 0 Å². The molecule has 2 unspecified atom stereocenters. The Balaban J connectivity index is 3.13. The molecule has 0 radical (unpaired) electrons. The summed E-state index contributed by atoms with van der Waals surface area (Å²) in [5.41, 5.74) is 1.15. The lowest BCUT2D eigenvalue weighted by Gasteiger charge is -2.22. The molecule has 0 amide bonds. The summed E-state index contributed by atoms with van der Waals surface area (Å²) < 4.78 is 11.5. The Morgan fingerprint density at radius 3 is 2.36 bits per heavy atom. The zero-order valence-corrected chi connectivity index (χ0v) is 9.97. The largest absolute Gasteiger partial charge is 0.303 e. The molecule has 1 aromatic rings. The van der Waals surface area contributed by atoms with Gasteiger partial charge in [0.15, 0.2) is 0 Å². The van der Waals surface area contributed by atoms with Gasteiger partial charge in [0.1, 0.15) is 0 Å². The number of rotatable bonds is 3. The van der Waals surface area contributed by atoms with Gasteiger partial charge in [-0.1, -0.05) is 18.2 Å². The van der Waals surface area contributed by atoms with Gasteiger partial charge in [-0.25, -0.2) is 0 Å². The lowest BCUT2D eigenvalue weighted by molar-refractivity contribution is 0.317. The van der Waals surface area contributed by atoms with Crippen molar-refractivity contribution in [2.75, 3.05) is 20.4 Å². The van der Waals surface area contributed by atoms with E-state index in [0.29, 0.717) is 6.04 Å². The third kappa shape index (κ3) is 2.42. The van der Waals surface area contributed by atoms with E-state index in [1.165, 1.54) is 0 Å². The molecule has 0 spiro atoms. The molecule has 0 aromatic heterocycles. The summed E-state index contributed by atoms with van der Waals surface area (Å²) in [6.45, 7) is 2.12. The molecule has 0 fully saturated rings. The van der Waals surface area contributed by atoms with Gasteiger partial charge in [0.25, 0.3) is 0 Å². The number of hydrogen-bond acceptors (Lipinski definition) is 2. The molecular formula is C11H17NOS. The predicted octanol–water partition coefficient (Wildman–Crippen LogP) is 2.05. The second-order valence-electron chi connectivity index (χ2n) is 3.63. The monoisotopic (exact) mass is 211 g/mol. The van der Waals surface area contributed by atoms with Crippen molar-refractivity contribution < 1.29 is 4.21 Å². The van der Waals surface area contributed by atoms with Crippen molar-refractivity contribution in [1.82, 2.24) is 4.90 Å². The van der Waals surface area contributed by atoms with Gasteiger partial charge in [-0.3, -0.25) is 4.21 Å². The van der Waals surface area contributed by atoms with Crippen LogP contribution in [-0.4, -0.2) is 29.5 Å². The molecule has 2 atom stereocenters. The summed E-state index contributed by atoms with van der Waals surface area (Å²) in [5.74, 6) is 0. The maximum Gasteiger partial charge on any atom is 0.0501 e. The second-order valence-corrected chi connectivity index (χ2v) is 4.98. The molecule has 78 valence electrons. The lowest BCUT2D eigenvalue weighted by Crippen LogP contribution is -2.18. The Morgan fingerprint density at radius 2 is 1.86 bits per heavy atom. The van der Waals surface area contributed by atoms with Crippen LogP contribution in [-0.2, 0) is 10.8 Å². The predicted molar refractivity (Wildman–Crippen MR) is 60.9 cm³/mol. The van der Waals surface area contributed by atoms with Crippen molar-refractivity contribution in [2.45, 2.75) is 17.9 Å². The zero-order valence-electron chi connectivity index (χ0n) is 9.15. The summed E-state index contributed by atoms with van der Waals surface area (Å²) >= 11 is 0. The van der Waals surface area contributed by atoms with E-state index in [9.17, 15) is 4.21 Å². The van der Waals surface area contributed by atoms with Crippen LogP contribution < -0.4 is 0 Å². The summed E-state index contributed by atoms with van der Waals surface area (Å²) in [5, 5.41) is 0. The minimum absolute atomic E-state index is 0.301. The van der Waals surface area contributed by atoms with E-state index < -0.39 is 10.8 Å². The fourth-order valence-corrected chi connectivity index (χ4v) is 2.21. The highest BCUT2D eigenvalue weighted by atomic mass is 32.2. The first-order valence-corrected chi connectivity index (χ1v) is 6.18. The molecule has 0 aliphatic rings. The van der Waals surface area contributed by atoms with Crippen molar-refractivity contribution >= 4 is 10.8 Å². The van der Waals surface area contributed by atoms with Crippen LogP contribution in [0.25, 0.3) is 0 Å². The van der Waals surface area contributed by atoms with E-state index in [2.05, 4.69) is 11.8 Å². The van der Waals surface area contributed by atoms with Crippen LogP contribution >= 0.6 is 0 Å². The first-order valence-electron chi connectivity index (χ1n) is 4.63. The van der Waals surface area contributed by atoms with Gasteiger partial charge in [0.2, 0.25) is 0 Å². The highest BCUT2D eigenvalue weighted by molar-refractivity contribution is 7.84. The van der Waals surface area contributed by atoms with Crippen LogP contribution in [0.3, 0.4) is 0 Å². The van der Waals surface area contributed by atoms with Crippen LogP contribution in [0.4, 0.5) is 0 Å². The van der Waals surface area contributed by atoms with Crippen LogP contribution in [0.15, 0.2) is 29.2 Å². The fourth-order valence-electron chi connectivity index (χ4n) is 1.37. The van der Waals surface area contributed by atoms with E-state index in [0.717, 1.165) is 10.5 Å². The molecule has 0 saturated carbocycles. The Hall–Kier alpha value is -0.670.